The van der Waals surface area contributed by atoms with Gasteiger partial charge in [-0.25, -0.2) is 0 Å². The molecule has 1 rings (SSSR count). The van der Waals surface area contributed by atoms with E-state index in [1.807, 2.05) is 39.0 Å². The van der Waals surface area contributed by atoms with Crippen molar-refractivity contribution in [3.63, 3.8) is 0 Å². The van der Waals surface area contributed by atoms with Crippen LogP contribution in [0.25, 0.3) is 0 Å². The highest BCUT2D eigenvalue weighted by atomic mass is 16.4. The van der Waals surface area contributed by atoms with Gasteiger partial charge < -0.3 is 16.2 Å². The minimum Gasteiger partial charge on any atom is -0.481 e. The third-order valence-corrected chi connectivity index (χ3v) is 3.17. The van der Waals surface area contributed by atoms with Crippen molar-refractivity contribution in [2.75, 3.05) is 6.54 Å². The maximum atomic E-state index is 12.0. The summed E-state index contributed by atoms with van der Waals surface area (Å²) in [5, 5.41) is 11.9. The van der Waals surface area contributed by atoms with Gasteiger partial charge in [-0.15, -0.1) is 0 Å². The molecular weight excluding hydrogens is 268 g/mol. The van der Waals surface area contributed by atoms with Gasteiger partial charge in [0.25, 0.3) is 0 Å². The molecule has 1 aromatic rings. The average molecular weight is 292 g/mol. The minimum atomic E-state index is -0.904. The molecule has 5 nitrogen and oxygen atoms in total. The predicted molar refractivity (Wildman–Crippen MR) is 81.6 cm³/mol. The van der Waals surface area contributed by atoms with Gasteiger partial charge in [0.05, 0.1) is 5.92 Å². The summed E-state index contributed by atoms with van der Waals surface area (Å²) in [7, 11) is 0. The van der Waals surface area contributed by atoms with E-state index in [1.54, 1.807) is 12.1 Å². The molecule has 0 aliphatic rings. The zero-order chi connectivity index (χ0) is 16.0. The van der Waals surface area contributed by atoms with E-state index >= 15 is 0 Å². The van der Waals surface area contributed by atoms with Gasteiger partial charge in [-0.05, 0) is 17.4 Å². The monoisotopic (exact) mass is 292 g/mol. The minimum absolute atomic E-state index is 0.0893. The molecule has 21 heavy (non-hydrogen) atoms. The number of benzene rings is 1. The van der Waals surface area contributed by atoms with E-state index < -0.39 is 17.9 Å². The summed E-state index contributed by atoms with van der Waals surface area (Å²) in [6, 6.07) is 8.22. The van der Waals surface area contributed by atoms with E-state index in [1.165, 1.54) is 0 Å². The summed E-state index contributed by atoms with van der Waals surface area (Å²) in [6.45, 7) is 6.01. The van der Waals surface area contributed by atoms with Crippen LogP contribution in [-0.2, 0) is 9.59 Å². The summed E-state index contributed by atoms with van der Waals surface area (Å²) in [4.78, 5) is 23.3. The molecular formula is C16H24N2O3. The van der Waals surface area contributed by atoms with Crippen LogP contribution in [0.3, 0.4) is 0 Å². The third-order valence-electron chi connectivity index (χ3n) is 3.17. The van der Waals surface area contributed by atoms with Gasteiger partial charge in [-0.1, -0.05) is 51.1 Å². The number of amides is 1. The average Bonchev–Trinajstić information content (AvgIpc) is 2.41. The number of hydrogen-bond donors (Lipinski definition) is 3. The topological polar surface area (TPSA) is 92.4 Å². The van der Waals surface area contributed by atoms with Crippen LogP contribution in [-0.4, -0.2) is 23.5 Å². The Hall–Kier alpha value is -1.88. The number of carboxylic acid groups (broad SMARTS) is 1. The Morgan fingerprint density at radius 3 is 2.29 bits per heavy atom. The van der Waals surface area contributed by atoms with E-state index in [-0.39, 0.29) is 17.9 Å². The van der Waals surface area contributed by atoms with Gasteiger partial charge in [0.2, 0.25) is 5.91 Å². The lowest BCUT2D eigenvalue weighted by molar-refractivity contribution is -0.142. The highest BCUT2D eigenvalue weighted by Gasteiger charge is 2.26. The standard InChI is InChI=1S/C16H24N2O3/c1-16(2,3)9-12(15(20)21)10-18-14(19)13(17)11-7-5-4-6-8-11/h4-8,12-13H,9-10,17H2,1-3H3,(H,18,19)(H,20,21)/t12?,13-/m1/s1. The van der Waals surface area contributed by atoms with Crippen LogP contribution in [0.4, 0.5) is 0 Å². The molecule has 0 spiro atoms. The largest absolute Gasteiger partial charge is 0.481 e. The quantitative estimate of drug-likeness (QED) is 0.747. The van der Waals surface area contributed by atoms with Crippen LogP contribution in [0.5, 0.6) is 0 Å². The maximum absolute atomic E-state index is 12.0. The molecule has 0 bridgehead atoms. The second-order valence-electron chi connectivity index (χ2n) is 6.43. The highest BCUT2D eigenvalue weighted by Crippen LogP contribution is 2.24. The molecule has 0 aromatic heterocycles. The normalized spacial score (nSPS) is 14.3. The number of hydrogen-bond acceptors (Lipinski definition) is 3. The van der Waals surface area contributed by atoms with E-state index in [0.717, 1.165) is 0 Å². The number of rotatable bonds is 6. The molecule has 1 amide bonds. The van der Waals surface area contributed by atoms with Crippen LogP contribution in [0.1, 0.15) is 38.8 Å². The first-order chi connectivity index (χ1) is 9.70. The van der Waals surface area contributed by atoms with Gasteiger partial charge in [0.1, 0.15) is 6.04 Å². The van der Waals surface area contributed by atoms with E-state index in [4.69, 9.17) is 5.73 Å². The lowest BCUT2D eigenvalue weighted by atomic mass is 9.84. The first-order valence-electron chi connectivity index (χ1n) is 7.02. The van der Waals surface area contributed by atoms with Crippen LogP contribution < -0.4 is 11.1 Å². The van der Waals surface area contributed by atoms with Gasteiger partial charge in [-0.2, -0.15) is 0 Å². The van der Waals surface area contributed by atoms with Crippen molar-refractivity contribution in [1.82, 2.24) is 5.32 Å². The highest BCUT2D eigenvalue weighted by molar-refractivity contribution is 5.83. The number of carboxylic acids is 1. The zero-order valence-electron chi connectivity index (χ0n) is 12.8. The van der Waals surface area contributed by atoms with Crippen molar-refractivity contribution >= 4 is 11.9 Å². The molecule has 4 N–H and O–H groups in total. The molecule has 116 valence electrons. The SMILES string of the molecule is CC(C)(C)CC(CNC(=O)[C@H](N)c1ccccc1)C(=O)O. The van der Waals surface area contributed by atoms with Crippen molar-refractivity contribution in [1.29, 1.82) is 0 Å². The Kier molecular flexibility index (Phi) is 5.90. The summed E-state index contributed by atoms with van der Waals surface area (Å²) in [6.07, 6.45) is 0.489. The molecule has 0 saturated heterocycles. The van der Waals surface area contributed by atoms with Crippen LogP contribution in [0.15, 0.2) is 30.3 Å². The van der Waals surface area contributed by atoms with Gasteiger partial charge in [0, 0.05) is 6.54 Å². The van der Waals surface area contributed by atoms with Crippen LogP contribution in [0, 0.1) is 11.3 Å². The Bertz CT molecular complexity index is 480. The number of aliphatic carboxylic acids is 1. The number of nitrogens with one attached hydrogen (secondary N) is 1. The molecule has 0 aliphatic carbocycles. The first-order valence-corrected chi connectivity index (χ1v) is 7.02. The smallest absolute Gasteiger partial charge is 0.308 e. The zero-order valence-corrected chi connectivity index (χ0v) is 12.8. The van der Waals surface area contributed by atoms with Crippen molar-refractivity contribution in [3.05, 3.63) is 35.9 Å². The summed E-state index contributed by atoms with van der Waals surface area (Å²) in [5.41, 5.74) is 6.46. The number of carbonyl (C=O) groups is 2. The van der Waals surface area contributed by atoms with Crippen molar-refractivity contribution in [2.45, 2.75) is 33.2 Å². The fourth-order valence-corrected chi connectivity index (χ4v) is 2.13. The Morgan fingerprint density at radius 2 is 1.81 bits per heavy atom. The van der Waals surface area contributed by atoms with E-state index in [2.05, 4.69) is 5.32 Å². The molecule has 0 radical (unpaired) electrons. The lowest BCUT2D eigenvalue weighted by Gasteiger charge is -2.24. The van der Waals surface area contributed by atoms with Gasteiger partial charge >= 0.3 is 5.97 Å². The molecule has 0 heterocycles. The molecule has 1 aromatic carbocycles. The first kappa shape index (κ1) is 17.2. The van der Waals surface area contributed by atoms with Gasteiger partial charge in [0.15, 0.2) is 0 Å². The van der Waals surface area contributed by atoms with Gasteiger partial charge in [-0.3, -0.25) is 9.59 Å². The molecule has 5 heteroatoms. The third kappa shape index (κ3) is 5.95. The molecule has 2 atom stereocenters. The fraction of sp³-hybridized carbons (Fsp3) is 0.500. The summed E-state index contributed by atoms with van der Waals surface area (Å²) < 4.78 is 0. The van der Waals surface area contributed by atoms with Crippen LogP contribution >= 0.6 is 0 Å². The summed E-state index contributed by atoms with van der Waals surface area (Å²) >= 11 is 0. The lowest BCUT2D eigenvalue weighted by Crippen LogP contribution is -2.39. The van der Waals surface area contributed by atoms with Crippen LogP contribution in [0.2, 0.25) is 0 Å². The van der Waals surface area contributed by atoms with Crippen molar-refractivity contribution in [2.24, 2.45) is 17.1 Å². The predicted octanol–water partition coefficient (Wildman–Crippen LogP) is 1.94. The molecule has 0 aliphatic heterocycles. The Labute approximate surface area is 125 Å². The molecule has 0 fully saturated rings. The second kappa shape index (κ2) is 7.22. The fourth-order valence-electron chi connectivity index (χ4n) is 2.13. The summed E-state index contributed by atoms with van der Waals surface area (Å²) in [5.74, 6) is -1.88. The van der Waals surface area contributed by atoms with E-state index in [0.29, 0.717) is 12.0 Å². The molecule has 0 saturated carbocycles. The maximum Gasteiger partial charge on any atom is 0.308 e. The van der Waals surface area contributed by atoms with Crippen molar-refractivity contribution < 1.29 is 14.7 Å². The Balaban J connectivity index is 2.59. The number of carbonyl (C=O) groups excluding carboxylic acids is 1. The molecule has 1 unspecified atom stereocenters. The second-order valence-corrected chi connectivity index (χ2v) is 6.43. The Morgan fingerprint density at radius 1 is 1.24 bits per heavy atom. The van der Waals surface area contributed by atoms with Crippen molar-refractivity contribution in [3.8, 4) is 0 Å². The van der Waals surface area contributed by atoms with E-state index in [9.17, 15) is 14.7 Å². The number of nitrogens with two attached hydrogens (primary N) is 1.